The van der Waals surface area contributed by atoms with Gasteiger partial charge in [-0.05, 0) is 37.5 Å². The van der Waals surface area contributed by atoms with Gasteiger partial charge in [-0.25, -0.2) is 0 Å². The van der Waals surface area contributed by atoms with E-state index in [-0.39, 0.29) is 11.4 Å². The lowest BCUT2D eigenvalue weighted by molar-refractivity contribution is -0.117. The molecule has 0 aliphatic heterocycles. The smallest absolute Gasteiger partial charge is 0.226 e. The van der Waals surface area contributed by atoms with Gasteiger partial charge < -0.3 is 11.1 Å². The minimum absolute atomic E-state index is 0.0670. The molecule has 0 spiro atoms. The maximum absolute atomic E-state index is 12.1. The van der Waals surface area contributed by atoms with Crippen molar-refractivity contribution in [3.8, 4) is 6.07 Å². The number of hydrogen-bond donors (Lipinski definition) is 2. The predicted octanol–water partition coefficient (Wildman–Crippen LogP) is 2.47. The molecule has 1 saturated carbocycles. The summed E-state index contributed by atoms with van der Waals surface area (Å²) in [6, 6.07) is 7.35. The molecule has 100 valence electrons. The quantitative estimate of drug-likeness (QED) is 0.873. The van der Waals surface area contributed by atoms with Crippen molar-refractivity contribution in [3.05, 3.63) is 29.3 Å². The Balaban J connectivity index is 2.04. The number of aryl methyl sites for hydroxylation is 1. The first-order valence-electron chi connectivity index (χ1n) is 6.62. The van der Waals surface area contributed by atoms with Crippen LogP contribution < -0.4 is 11.1 Å². The van der Waals surface area contributed by atoms with Gasteiger partial charge in [0, 0.05) is 17.6 Å². The molecule has 0 radical (unpaired) electrons. The lowest BCUT2D eigenvalue weighted by Crippen LogP contribution is -2.40. The van der Waals surface area contributed by atoms with E-state index in [1.807, 2.05) is 13.0 Å². The minimum atomic E-state index is -0.342. The van der Waals surface area contributed by atoms with Gasteiger partial charge in [0.25, 0.3) is 0 Å². The summed E-state index contributed by atoms with van der Waals surface area (Å²) in [4.78, 5) is 12.1. The fourth-order valence-electron chi connectivity index (χ4n) is 2.60. The van der Waals surface area contributed by atoms with Gasteiger partial charge in [0.2, 0.25) is 5.91 Å². The van der Waals surface area contributed by atoms with Crippen LogP contribution in [0.2, 0.25) is 0 Å². The molecule has 4 heteroatoms. The summed E-state index contributed by atoms with van der Waals surface area (Å²) in [6.45, 7) is 1.91. The van der Waals surface area contributed by atoms with Crippen LogP contribution in [0.5, 0.6) is 0 Å². The first-order chi connectivity index (χ1) is 9.02. The molecule has 1 fully saturated rings. The maximum Gasteiger partial charge on any atom is 0.226 e. The highest BCUT2D eigenvalue weighted by Crippen LogP contribution is 2.30. The average molecular weight is 257 g/mol. The van der Waals surface area contributed by atoms with E-state index in [9.17, 15) is 4.79 Å². The Labute approximate surface area is 113 Å². The minimum Gasteiger partial charge on any atom is -0.326 e. The zero-order chi connectivity index (χ0) is 13.9. The third-order valence-corrected chi connectivity index (χ3v) is 3.75. The zero-order valence-electron chi connectivity index (χ0n) is 11.2. The van der Waals surface area contributed by atoms with Crippen LogP contribution in [0.1, 0.15) is 43.2 Å². The molecule has 0 saturated heterocycles. The van der Waals surface area contributed by atoms with Gasteiger partial charge in [-0.3, -0.25) is 4.79 Å². The summed E-state index contributed by atoms with van der Waals surface area (Å²) in [7, 11) is 0. The Kier molecular flexibility index (Phi) is 3.87. The number of nitrogens with two attached hydrogens (primary N) is 1. The molecule has 0 atom stereocenters. The molecular weight excluding hydrogens is 238 g/mol. The Morgan fingerprint density at radius 1 is 1.47 bits per heavy atom. The highest BCUT2D eigenvalue weighted by Gasteiger charge is 2.31. The van der Waals surface area contributed by atoms with E-state index in [1.165, 1.54) is 0 Å². The van der Waals surface area contributed by atoms with E-state index < -0.39 is 0 Å². The zero-order valence-corrected chi connectivity index (χ0v) is 11.2. The Bertz CT molecular complexity index is 525. The van der Waals surface area contributed by atoms with E-state index in [2.05, 4.69) is 11.4 Å². The van der Waals surface area contributed by atoms with Gasteiger partial charge in [-0.1, -0.05) is 18.9 Å². The van der Waals surface area contributed by atoms with Crippen LogP contribution in [0.15, 0.2) is 18.2 Å². The molecule has 2 rings (SSSR count). The summed E-state index contributed by atoms with van der Waals surface area (Å²) in [6.07, 6.45) is 4.39. The summed E-state index contributed by atoms with van der Waals surface area (Å²) in [5, 5.41) is 11.7. The van der Waals surface area contributed by atoms with Gasteiger partial charge in [-0.2, -0.15) is 5.26 Å². The largest absolute Gasteiger partial charge is 0.326 e. The highest BCUT2D eigenvalue weighted by molar-refractivity contribution is 5.92. The molecule has 0 aromatic heterocycles. The molecule has 3 N–H and O–H groups in total. The number of rotatable bonds is 3. The second-order valence-corrected chi connectivity index (χ2v) is 5.44. The van der Waals surface area contributed by atoms with Gasteiger partial charge in [0.15, 0.2) is 0 Å². The van der Waals surface area contributed by atoms with Crippen molar-refractivity contribution in [2.45, 2.75) is 44.6 Å². The third kappa shape index (κ3) is 3.33. The average Bonchev–Trinajstić information content (AvgIpc) is 2.78. The number of carbonyl (C=O) groups excluding carboxylic acids is 1. The van der Waals surface area contributed by atoms with Crippen LogP contribution in [0.3, 0.4) is 0 Å². The Morgan fingerprint density at radius 2 is 2.16 bits per heavy atom. The van der Waals surface area contributed by atoms with Crippen molar-refractivity contribution < 1.29 is 4.79 Å². The molecular formula is C15H19N3O. The van der Waals surface area contributed by atoms with Crippen LogP contribution in [0.25, 0.3) is 0 Å². The lowest BCUT2D eigenvalue weighted by Gasteiger charge is -2.22. The molecule has 19 heavy (non-hydrogen) atoms. The summed E-state index contributed by atoms with van der Waals surface area (Å²) in [5.74, 6) is -0.0670. The molecule has 0 bridgehead atoms. The van der Waals surface area contributed by atoms with E-state index in [0.29, 0.717) is 17.7 Å². The van der Waals surface area contributed by atoms with E-state index in [1.54, 1.807) is 12.1 Å². The number of amides is 1. The monoisotopic (exact) mass is 257 g/mol. The van der Waals surface area contributed by atoms with Crippen LogP contribution in [0.4, 0.5) is 5.69 Å². The van der Waals surface area contributed by atoms with Gasteiger partial charge >= 0.3 is 0 Å². The SMILES string of the molecule is Cc1ccc(C#N)cc1NC(=O)CC1(N)CCCC1. The Morgan fingerprint density at radius 3 is 2.79 bits per heavy atom. The Hall–Kier alpha value is -1.86. The van der Waals surface area contributed by atoms with Gasteiger partial charge in [0.05, 0.1) is 11.6 Å². The fraction of sp³-hybridized carbons (Fsp3) is 0.467. The molecule has 1 amide bonds. The molecule has 1 aliphatic carbocycles. The van der Waals surface area contributed by atoms with E-state index in [4.69, 9.17) is 11.0 Å². The van der Waals surface area contributed by atoms with Crippen LogP contribution in [-0.2, 0) is 4.79 Å². The molecule has 0 unspecified atom stereocenters. The standard InChI is InChI=1S/C15H19N3O/c1-11-4-5-12(10-16)8-13(11)18-14(19)9-15(17)6-2-3-7-15/h4-5,8H,2-3,6-7,9,17H2,1H3,(H,18,19). The van der Waals surface area contributed by atoms with Gasteiger partial charge in [0.1, 0.15) is 0 Å². The normalized spacial score (nSPS) is 16.9. The molecule has 4 nitrogen and oxygen atoms in total. The summed E-state index contributed by atoms with van der Waals surface area (Å²) >= 11 is 0. The van der Waals surface area contributed by atoms with Crippen LogP contribution >= 0.6 is 0 Å². The number of anilines is 1. The third-order valence-electron chi connectivity index (χ3n) is 3.75. The van der Waals surface area contributed by atoms with Crippen molar-refractivity contribution in [1.82, 2.24) is 0 Å². The van der Waals surface area contributed by atoms with E-state index in [0.717, 1.165) is 31.2 Å². The second kappa shape index (κ2) is 5.41. The number of nitrogens with one attached hydrogen (secondary N) is 1. The van der Waals surface area contributed by atoms with Crippen molar-refractivity contribution >= 4 is 11.6 Å². The lowest BCUT2D eigenvalue weighted by atomic mass is 9.94. The maximum atomic E-state index is 12.1. The van der Waals surface area contributed by atoms with Gasteiger partial charge in [-0.15, -0.1) is 0 Å². The number of benzene rings is 1. The fourth-order valence-corrected chi connectivity index (χ4v) is 2.60. The number of carbonyl (C=O) groups is 1. The van der Waals surface area contributed by atoms with Crippen molar-refractivity contribution in [1.29, 1.82) is 5.26 Å². The van der Waals surface area contributed by atoms with Crippen LogP contribution in [-0.4, -0.2) is 11.4 Å². The number of nitrogens with zero attached hydrogens (tertiary/aromatic N) is 1. The summed E-state index contributed by atoms with van der Waals surface area (Å²) in [5.41, 5.74) is 8.05. The molecule has 1 aliphatic rings. The highest BCUT2D eigenvalue weighted by atomic mass is 16.1. The first-order valence-corrected chi connectivity index (χ1v) is 6.62. The topological polar surface area (TPSA) is 78.9 Å². The molecule has 0 heterocycles. The van der Waals surface area contributed by atoms with Crippen molar-refractivity contribution in [2.75, 3.05) is 5.32 Å². The summed E-state index contributed by atoms with van der Waals surface area (Å²) < 4.78 is 0. The second-order valence-electron chi connectivity index (χ2n) is 5.44. The predicted molar refractivity (Wildman–Crippen MR) is 74.5 cm³/mol. The molecule has 1 aromatic rings. The first kappa shape index (κ1) is 13.6. The van der Waals surface area contributed by atoms with Crippen molar-refractivity contribution in [3.63, 3.8) is 0 Å². The number of nitriles is 1. The molecule has 1 aromatic carbocycles. The van der Waals surface area contributed by atoms with Crippen LogP contribution in [0, 0.1) is 18.3 Å². The van der Waals surface area contributed by atoms with Crippen molar-refractivity contribution in [2.24, 2.45) is 5.73 Å². The number of hydrogen-bond acceptors (Lipinski definition) is 3. The van der Waals surface area contributed by atoms with E-state index >= 15 is 0 Å².